The van der Waals surface area contributed by atoms with Gasteiger partial charge in [-0.1, -0.05) is 6.42 Å². The van der Waals surface area contributed by atoms with E-state index in [1.54, 1.807) is 11.3 Å². The van der Waals surface area contributed by atoms with Crippen molar-refractivity contribution in [3.05, 3.63) is 17.0 Å². The summed E-state index contributed by atoms with van der Waals surface area (Å²) in [5.41, 5.74) is 1.25. The van der Waals surface area contributed by atoms with Crippen LogP contribution in [0.2, 0.25) is 0 Å². The summed E-state index contributed by atoms with van der Waals surface area (Å²) in [6.45, 7) is 3.01. The Bertz CT molecular complexity index is 385. The Labute approximate surface area is 95.1 Å². The van der Waals surface area contributed by atoms with Gasteiger partial charge in [-0.05, 0) is 36.8 Å². The first-order valence-electron chi connectivity index (χ1n) is 5.33. The zero-order chi connectivity index (χ0) is 10.9. The second kappa shape index (κ2) is 3.86. The monoisotopic (exact) mass is 220 g/mol. The molecular formula is C12H16N2S. The fourth-order valence-electron chi connectivity index (χ4n) is 2.19. The van der Waals surface area contributed by atoms with Gasteiger partial charge in [0, 0.05) is 13.6 Å². The highest BCUT2D eigenvalue weighted by Crippen LogP contribution is 2.42. The third kappa shape index (κ3) is 1.87. The van der Waals surface area contributed by atoms with Crippen molar-refractivity contribution in [1.29, 1.82) is 5.26 Å². The van der Waals surface area contributed by atoms with E-state index in [0.29, 0.717) is 0 Å². The lowest BCUT2D eigenvalue weighted by Gasteiger charge is -2.38. The molecule has 1 heterocycles. The van der Waals surface area contributed by atoms with Crippen molar-refractivity contribution in [3.8, 4) is 6.07 Å². The molecular weight excluding hydrogens is 204 g/mol. The first-order valence-corrected chi connectivity index (χ1v) is 6.21. The van der Waals surface area contributed by atoms with Gasteiger partial charge in [0.15, 0.2) is 0 Å². The largest absolute Gasteiger partial charge is 0.365 e. The second-order valence-corrected chi connectivity index (χ2v) is 5.41. The highest BCUT2D eigenvalue weighted by atomic mass is 32.1. The molecule has 1 aliphatic carbocycles. The van der Waals surface area contributed by atoms with Gasteiger partial charge in [-0.3, -0.25) is 0 Å². The molecule has 1 aliphatic rings. The number of thiophene rings is 1. The highest BCUT2D eigenvalue weighted by molar-refractivity contribution is 7.14. The second-order valence-electron chi connectivity index (χ2n) is 4.51. The molecule has 3 heteroatoms. The fourth-order valence-corrected chi connectivity index (χ4v) is 3.09. The van der Waals surface area contributed by atoms with Crippen molar-refractivity contribution >= 4 is 16.3 Å². The summed E-state index contributed by atoms with van der Waals surface area (Å²) in [5.74, 6) is 0. The minimum Gasteiger partial charge on any atom is -0.365 e. The molecule has 0 aliphatic heterocycles. The van der Waals surface area contributed by atoms with E-state index >= 15 is 0 Å². The van der Waals surface area contributed by atoms with Crippen molar-refractivity contribution < 1.29 is 0 Å². The Morgan fingerprint density at radius 1 is 1.60 bits per heavy atom. The van der Waals surface area contributed by atoms with E-state index < -0.39 is 0 Å². The molecule has 0 atom stereocenters. The molecule has 1 saturated carbocycles. The number of hydrogen-bond acceptors (Lipinski definition) is 3. The SMILES string of the molecule is Cc1ccsc1N(C)CC1(C#N)CCC1. The summed E-state index contributed by atoms with van der Waals surface area (Å²) in [6, 6.07) is 4.63. The molecule has 0 unspecified atom stereocenters. The molecule has 2 rings (SSSR count). The Morgan fingerprint density at radius 3 is 2.73 bits per heavy atom. The van der Waals surface area contributed by atoms with Gasteiger partial charge < -0.3 is 4.90 Å². The Morgan fingerprint density at radius 2 is 2.33 bits per heavy atom. The predicted octanol–water partition coefficient (Wildman–Crippen LogP) is 3.19. The smallest absolute Gasteiger partial charge is 0.0936 e. The molecule has 0 spiro atoms. The molecule has 0 radical (unpaired) electrons. The normalized spacial score (nSPS) is 17.9. The lowest BCUT2D eigenvalue weighted by Crippen LogP contribution is -2.39. The summed E-state index contributed by atoms with van der Waals surface area (Å²) in [7, 11) is 2.09. The van der Waals surface area contributed by atoms with Gasteiger partial charge in [0.25, 0.3) is 0 Å². The molecule has 1 aromatic rings. The van der Waals surface area contributed by atoms with Gasteiger partial charge in [-0.2, -0.15) is 5.26 Å². The van der Waals surface area contributed by atoms with E-state index in [9.17, 15) is 5.26 Å². The van der Waals surface area contributed by atoms with Crippen LogP contribution in [0.4, 0.5) is 5.00 Å². The molecule has 2 nitrogen and oxygen atoms in total. The quantitative estimate of drug-likeness (QED) is 0.782. The number of nitrogens with zero attached hydrogens (tertiary/aromatic N) is 2. The van der Waals surface area contributed by atoms with E-state index in [4.69, 9.17) is 0 Å². The van der Waals surface area contributed by atoms with Crippen LogP contribution in [0.1, 0.15) is 24.8 Å². The van der Waals surface area contributed by atoms with Gasteiger partial charge in [0.2, 0.25) is 0 Å². The number of nitriles is 1. The van der Waals surface area contributed by atoms with Gasteiger partial charge in [-0.25, -0.2) is 0 Å². The maximum Gasteiger partial charge on any atom is 0.0936 e. The van der Waals surface area contributed by atoms with Gasteiger partial charge >= 0.3 is 0 Å². The van der Waals surface area contributed by atoms with Crippen molar-refractivity contribution in [2.45, 2.75) is 26.2 Å². The summed E-state index contributed by atoms with van der Waals surface area (Å²) in [4.78, 5) is 2.24. The van der Waals surface area contributed by atoms with Gasteiger partial charge in [0.1, 0.15) is 0 Å². The average molecular weight is 220 g/mol. The van der Waals surface area contributed by atoms with Crippen LogP contribution < -0.4 is 4.90 Å². The summed E-state index contributed by atoms with van der Waals surface area (Å²) >= 11 is 1.76. The van der Waals surface area contributed by atoms with E-state index in [1.165, 1.54) is 17.0 Å². The zero-order valence-corrected chi connectivity index (χ0v) is 10.1. The average Bonchev–Trinajstić information content (AvgIpc) is 2.58. The van der Waals surface area contributed by atoms with E-state index in [-0.39, 0.29) is 5.41 Å². The molecule has 15 heavy (non-hydrogen) atoms. The predicted molar refractivity (Wildman–Crippen MR) is 64.2 cm³/mol. The molecule has 1 aromatic heterocycles. The van der Waals surface area contributed by atoms with E-state index in [1.807, 2.05) is 0 Å². The molecule has 0 aromatic carbocycles. The third-order valence-electron chi connectivity index (χ3n) is 3.27. The number of hydrogen-bond donors (Lipinski definition) is 0. The first-order chi connectivity index (χ1) is 7.17. The maximum atomic E-state index is 9.18. The molecule has 0 bridgehead atoms. The van der Waals surface area contributed by atoms with Crippen LogP contribution in [0.5, 0.6) is 0 Å². The lowest BCUT2D eigenvalue weighted by atomic mass is 9.70. The Hall–Kier alpha value is -1.01. The minimum atomic E-state index is -0.0643. The van der Waals surface area contributed by atoms with Crippen LogP contribution >= 0.6 is 11.3 Å². The van der Waals surface area contributed by atoms with Crippen LogP contribution in [0.15, 0.2) is 11.4 Å². The molecule has 80 valence electrons. The molecule has 0 amide bonds. The summed E-state index contributed by atoms with van der Waals surface area (Å²) in [6.07, 6.45) is 3.35. The van der Waals surface area contributed by atoms with E-state index in [0.717, 1.165) is 19.4 Å². The topological polar surface area (TPSA) is 27.0 Å². The van der Waals surface area contributed by atoms with Crippen LogP contribution in [-0.4, -0.2) is 13.6 Å². The highest BCUT2D eigenvalue weighted by Gasteiger charge is 2.38. The van der Waals surface area contributed by atoms with Crippen LogP contribution in [-0.2, 0) is 0 Å². The minimum absolute atomic E-state index is 0.0643. The fraction of sp³-hybridized carbons (Fsp3) is 0.583. The van der Waals surface area contributed by atoms with Gasteiger partial charge in [0.05, 0.1) is 16.5 Å². The van der Waals surface area contributed by atoms with Crippen LogP contribution in [0.3, 0.4) is 0 Å². The first kappa shape index (κ1) is 10.5. The number of anilines is 1. The molecule has 1 fully saturated rings. The van der Waals surface area contributed by atoms with Crippen LogP contribution in [0.25, 0.3) is 0 Å². The lowest BCUT2D eigenvalue weighted by molar-refractivity contribution is 0.223. The van der Waals surface area contributed by atoms with Crippen molar-refractivity contribution in [2.24, 2.45) is 5.41 Å². The van der Waals surface area contributed by atoms with Crippen molar-refractivity contribution in [1.82, 2.24) is 0 Å². The maximum absolute atomic E-state index is 9.18. The van der Waals surface area contributed by atoms with Crippen molar-refractivity contribution in [3.63, 3.8) is 0 Å². The standard InChI is InChI=1S/C12H16N2S/c1-10-4-7-15-11(10)14(2)9-12(8-13)5-3-6-12/h4,7H,3,5-6,9H2,1-2H3. The van der Waals surface area contributed by atoms with Crippen molar-refractivity contribution in [2.75, 3.05) is 18.5 Å². The Balaban J connectivity index is 2.07. The van der Waals surface area contributed by atoms with Crippen LogP contribution in [0, 0.1) is 23.7 Å². The van der Waals surface area contributed by atoms with E-state index in [2.05, 4.69) is 36.4 Å². The summed E-state index contributed by atoms with van der Waals surface area (Å²) < 4.78 is 0. The number of aryl methyl sites for hydroxylation is 1. The third-order valence-corrected chi connectivity index (χ3v) is 4.40. The molecule has 0 N–H and O–H groups in total. The zero-order valence-electron chi connectivity index (χ0n) is 9.29. The number of rotatable bonds is 3. The summed E-state index contributed by atoms with van der Waals surface area (Å²) in [5, 5.41) is 12.6. The molecule has 0 saturated heterocycles. The Kier molecular flexibility index (Phi) is 2.70. The van der Waals surface area contributed by atoms with Gasteiger partial charge in [-0.15, -0.1) is 11.3 Å².